The second-order valence-electron chi connectivity index (χ2n) is 8.87. The van der Waals surface area contributed by atoms with Crippen molar-refractivity contribution in [2.75, 3.05) is 0 Å². The fourth-order valence-electron chi connectivity index (χ4n) is 3.75. The zero-order chi connectivity index (χ0) is 24.5. The van der Waals surface area contributed by atoms with E-state index in [0.29, 0.717) is 5.57 Å². The molecule has 0 aliphatic carbocycles. The largest absolute Gasteiger partial charge is 0.262 e. The van der Waals surface area contributed by atoms with Crippen LogP contribution in [-0.2, 0) is 12.8 Å². The standard InChI is InChI=1S/C31H42N2/c1-7-9-10-11-13-17-27(6)33-31(25(3)4)21-15-12-14-18-28-19-16-20-29(22-28)23-30(8-2)26(5)24-32/h7,9-11,13,16,19-20,22,30H,1,5,8,12,14-15,17-18,21,23H2,2-4,6H3/b10-9-,13-11-,33-27?. The molecular weight excluding hydrogens is 400 g/mol. The van der Waals surface area contributed by atoms with E-state index in [1.807, 2.05) is 18.2 Å². The van der Waals surface area contributed by atoms with Crippen molar-refractivity contribution in [3.8, 4) is 6.07 Å². The van der Waals surface area contributed by atoms with Crippen molar-refractivity contribution in [1.29, 1.82) is 5.26 Å². The van der Waals surface area contributed by atoms with E-state index in [9.17, 15) is 0 Å². The number of aryl methyl sites for hydroxylation is 1. The Morgan fingerprint density at radius 2 is 1.85 bits per heavy atom. The van der Waals surface area contributed by atoms with E-state index in [2.05, 4.69) is 77.3 Å². The fraction of sp³-hybridized carbons (Fsp3) is 0.419. The van der Waals surface area contributed by atoms with E-state index in [1.54, 1.807) is 6.08 Å². The van der Waals surface area contributed by atoms with Gasteiger partial charge < -0.3 is 0 Å². The zero-order valence-electron chi connectivity index (χ0n) is 21.2. The fourth-order valence-corrected chi connectivity index (χ4v) is 3.75. The summed E-state index contributed by atoms with van der Waals surface area (Å²) in [5.41, 5.74) is 7.07. The van der Waals surface area contributed by atoms with Crippen LogP contribution in [0.5, 0.6) is 0 Å². The zero-order valence-corrected chi connectivity index (χ0v) is 21.2. The number of aliphatic imine (C=N–C) groups is 1. The number of benzene rings is 1. The molecule has 0 fully saturated rings. The molecule has 1 unspecified atom stereocenters. The summed E-state index contributed by atoms with van der Waals surface area (Å²) in [7, 11) is 0. The quantitative estimate of drug-likeness (QED) is 0.116. The molecule has 0 aliphatic rings. The smallest absolute Gasteiger partial charge is 0.0943 e. The third-order valence-corrected chi connectivity index (χ3v) is 5.79. The summed E-state index contributed by atoms with van der Waals surface area (Å²) < 4.78 is 0. The molecule has 0 bridgehead atoms. The molecule has 0 heterocycles. The Morgan fingerprint density at radius 3 is 2.52 bits per heavy atom. The van der Waals surface area contributed by atoms with Crippen LogP contribution in [0, 0.1) is 17.2 Å². The first-order valence-corrected chi connectivity index (χ1v) is 12.2. The van der Waals surface area contributed by atoms with Gasteiger partial charge >= 0.3 is 0 Å². The molecule has 0 N–H and O–H groups in total. The molecule has 0 aromatic heterocycles. The Morgan fingerprint density at radius 1 is 1.09 bits per heavy atom. The van der Waals surface area contributed by atoms with Crippen LogP contribution in [0.1, 0.15) is 77.3 Å². The van der Waals surface area contributed by atoms with E-state index in [4.69, 9.17) is 10.3 Å². The highest BCUT2D eigenvalue weighted by molar-refractivity contribution is 5.84. The van der Waals surface area contributed by atoms with Crippen LogP contribution < -0.4 is 0 Å². The molecule has 0 radical (unpaired) electrons. The molecule has 0 aliphatic heterocycles. The van der Waals surface area contributed by atoms with Crippen LogP contribution in [0.25, 0.3) is 0 Å². The summed E-state index contributed by atoms with van der Waals surface area (Å²) in [5.74, 6) is 0.246. The molecule has 176 valence electrons. The first-order chi connectivity index (χ1) is 15.9. The molecule has 0 amide bonds. The summed E-state index contributed by atoms with van der Waals surface area (Å²) in [6, 6.07) is 11.1. The van der Waals surface area contributed by atoms with Gasteiger partial charge in [-0.1, -0.05) is 86.7 Å². The van der Waals surface area contributed by atoms with Crippen molar-refractivity contribution in [3.63, 3.8) is 0 Å². The molecule has 1 aromatic rings. The molecule has 1 rings (SSSR count). The highest BCUT2D eigenvalue weighted by Gasteiger charge is 2.11. The lowest BCUT2D eigenvalue weighted by Crippen LogP contribution is -2.05. The minimum atomic E-state index is 0.246. The predicted octanol–water partition coefficient (Wildman–Crippen LogP) is 8.88. The van der Waals surface area contributed by atoms with Crippen LogP contribution in [0.3, 0.4) is 0 Å². The number of nitriles is 1. The Kier molecular flexibility index (Phi) is 14.2. The van der Waals surface area contributed by atoms with Gasteiger partial charge in [-0.15, -0.1) is 0 Å². The second kappa shape index (κ2) is 16.7. The Hall–Kier alpha value is -2.92. The minimum absolute atomic E-state index is 0.246. The van der Waals surface area contributed by atoms with Crippen LogP contribution >= 0.6 is 0 Å². The van der Waals surface area contributed by atoms with Gasteiger partial charge in [-0.25, -0.2) is 0 Å². The van der Waals surface area contributed by atoms with Gasteiger partial charge in [0.15, 0.2) is 0 Å². The van der Waals surface area contributed by atoms with Crippen molar-refractivity contribution in [2.45, 2.75) is 79.1 Å². The third-order valence-electron chi connectivity index (χ3n) is 5.79. The van der Waals surface area contributed by atoms with Crippen LogP contribution in [0.2, 0.25) is 0 Å². The number of nitrogens with zero attached hydrogens (tertiary/aromatic N) is 2. The van der Waals surface area contributed by atoms with Gasteiger partial charge in [0.1, 0.15) is 0 Å². The minimum Gasteiger partial charge on any atom is -0.262 e. The van der Waals surface area contributed by atoms with E-state index in [-0.39, 0.29) is 5.92 Å². The summed E-state index contributed by atoms with van der Waals surface area (Å²) in [6.45, 7) is 16.1. The van der Waals surface area contributed by atoms with Crippen LogP contribution in [0.15, 0.2) is 89.6 Å². The highest BCUT2D eigenvalue weighted by Crippen LogP contribution is 2.21. The predicted molar refractivity (Wildman–Crippen MR) is 145 cm³/mol. The van der Waals surface area contributed by atoms with Crippen molar-refractivity contribution in [3.05, 3.63) is 95.8 Å². The van der Waals surface area contributed by atoms with Gasteiger partial charge in [-0.2, -0.15) is 5.26 Å². The van der Waals surface area contributed by atoms with E-state index >= 15 is 0 Å². The number of unbranched alkanes of at least 4 members (excludes halogenated alkanes) is 2. The summed E-state index contributed by atoms with van der Waals surface area (Å²) >= 11 is 0. The summed E-state index contributed by atoms with van der Waals surface area (Å²) in [6.07, 6.45) is 18.3. The number of rotatable bonds is 15. The second-order valence-corrected chi connectivity index (χ2v) is 8.87. The number of hydrogen-bond donors (Lipinski definition) is 0. The maximum absolute atomic E-state index is 9.15. The lowest BCUT2D eigenvalue weighted by Gasteiger charge is -2.14. The van der Waals surface area contributed by atoms with Gasteiger partial charge in [0.05, 0.1) is 6.07 Å². The van der Waals surface area contributed by atoms with Crippen molar-refractivity contribution in [2.24, 2.45) is 10.9 Å². The molecule has 0 saturated heterocycles. The van der Waals surface area contributed by atoms with Crippen molar-refractivity contribution in [1.82, 2.24) is 0 Å². The first-order valence-electron chi connectivity index (χ1n) is 12.2. The number of allylic oxidation sites excluding steroid dienone is 8. The SMILES string of the molecule is C=C/C=C\C=C/CC(C)=NC(CCCCCc1cccc(CC(CC)C(=C)C#N)c1)=C(C)C. The molecule has 2 nitrogen and oxygen atoms in total. The lowest BCUT2D eigenvalue weighted by atomic mass is 9.90. The summed E-state index contributed by atoms with van der Waals surface area (Å²) in [4.78, 5) is 4.89. The molecule has 0 spiro atoms. The summed E-state index contributed by atoms with van der Waals surface area (Å²) in [5, 5.41) is 9.15. The molecule has 33 heavy (non-hydrogen) atoms. The molecule has 0 saturated carbocycles. The topological polar surface area (TPSA) is 36.1 Å². The maximum atomic E-state index is 9.15. The van der Waals surface area contributed by atoms with Crippen molar-refractivity contribution >= 4 is 5.71 Å². The van der Waals surface area contributed by atoms with E-state index in [0.717, 1.165) is 44.2 Å². The molecule has 1 atom stereocenters. The van der Waals surface area contributed by atoms with Crippen molar-refractivity contribution < 1.29 is 0 Å². The molecule has 1 aromatic carbocycles. The number of hydrogen-bond acceptors (Lipinski definition) is 2. The van der Waals surface area contributed by atoms with Crippen LogP contribution in [-0.4, -0.2) is 5.71 Å². The average Bonchev–Trinajstić information content (AvgIpc) is 2.81. The van der Waals surface area contributed by atoms with Crippen LogP contribution in [0.4, 0.5) is 0 Å². The highest BCUT2D eigenvalue weighted by atomic mass is 14.8. The molecule has 2 heteroatoms. The Bertz CT molecular complexity index is 914. The maximum Gasteiger partial charge on any atom is 0.0943 e. The normalized spacial score (nSPS) is 12.6. The first kappa shape index (κ1) is 28.1. The third kappa shape index (κ3) is 12.0. The molecular formula is C31H42N2. The lowest BCUT2D eigenvalue weighted by molar-refractivity contribution is 0.604. The average molecular weight is 443 g/mol. The van der Waals surface area contributed by atoms with Gasteiger partial charge in [0.25, 0.3) is 0 Å². The Balaban J connectivity index is 2.51. The van der Waals surface area contributed by atoms with Gasteiger partial charge in [-0.3, -0.25) is 4.99 Å². The van der Waals surface area contributed by atoms with E-state index in [1.165, 1.54) is 35.2 Å². The Labute approximate surface area is 202 Å². The van der Waals surface area contributed by atoms with E-state index < -0.39 is 0 Å². The van der Waals surface area contributed by atoms with Gasteiger partial charge in [-0.05, 0) is 76.3 Å². The monoisotopic (exact) mass is 442 g/mol. The van der Waals surface area contributed by atoms with Gasteiger partial charge in [0.2, 0.25) is 0 Å². The van der Waals surface area contributed by atoms with Gasteiger partial charge in [0, 0.05) is 23.4 Å².